The number of halogens is 3. The van der Waals surface area contributed by atoms with Gasteiger partial charge in [0, 0.05) is 35.7 Å². The summed E-state index contributed by atoms with van der Waals surface area (Å²) >= 11 is 18.9. The first-order valence-corrected chi connectivity index (χ1v) is 12.8. The van der Waals surface area contributed by atoms with E-state index in [-0.39, 0.29) is 12.6 Å². The minimum atomic E-state index is -0.749. The van der Waals surface area contributed by atoms with Gasteiger partial charge in [-0.25, -0.2) is 0 Å². The molecule has 1 fully saturated rings. The van der Waals surface area contributed by atoms with Crippen LogP contribution in [-0.2, 0) is 4.79 Å². The largest absolute Gasteiger partial charge is 0.480 e. The van der Waals surface area contributed by atoms with E-state index < -0.39 is 5.97 Å². The van der Waals surface area contributed by atoms with Gasteiger partial charge in [0.1, 0.15) is 0 Å². The first kappa shape index (κ1) is 25.3. The molecule has 2 unspecified atom stereocenters. The molecule has 0 bridgehead atoms. The number of likely N-dealkylation sites (tertiary alicyclic amines) is 1. The molecule has 1 saturated heterocycles. The Hall–Kier alpha value is -1.76. The van der Waals surface area contributed by atoms with E-state index in [0.717, 1.165) is 62.3 Å². The minimum Gasteiger partial charge on any atom is -0.480 e. The fraction of sp³-hybridized carbons (Fsp3) is 0.423. The fourth-order valence-electron chi connectivity index (χ4n) is 4.94. The first-order chi connectivity index (χ1) is 16.3. The summed E-state index contributed by atoms with van der Waals surface area (Å²) in [4.78, 5) is 15.6. The number of aliphatic carboxylic acids is 1. The Balaban J connectivity index is 1.42. The summed E-state index contributed by atoms with van der Waals surface area (Å²) in [6.07, 6.45) is 5.42. The highest BCUT2D eigenvalue weighted by Gasteiger charge is 2.27. The van der Waals surface area contributed by atoms with Gasteiger partial charge in [-0.3, -0.25) is 14.6 Å². The van der Waals surface area contributed by atoms with Crippen molar-refractivity contribution in [2.24, 2.45) is 0 Å². The second kappa shape index (κ2) is 11.3. The molecule has 34 heavy (non-hydrogen) atoms. The Kier molecular flexibility index (Phi) is 8.43. The lowest BCUT2D eigenvalue weighted by Crippen LogP contribution is -2.50. The van der Waals surface area contributed by atoms with Crippen molar-refractivity contribution >= 4 is 52.0 Å². The lowest BCUT2D eigenvalue weighted by atomic mass is 9.96. The molecular formula is C26H30Cl3N3O2. The van der Waals surface area contributed by atoms with Gasteiger partial charge in [0.2, 0.25) is 0 Å². The highest BCUT2D eigenvalue weighted by molar-refractivity contribution is 6.35. The molecule has 2 atom stereocenters. The summed E-state index contributed by atoms with van der Waals surface area (Å²) in [6, 6.07) is 12.0. The zero-order valence-corrected chi connectivity index (χ0v) is 21.5. The van der Waals surface area contributed by atoms with Crippen LogP contribution in [0, 0.1) is 0 Å². The van der Waals surface area contributed by atoms with Crippen molar-refractivity contribution in [1.29, 1.82) is 0 Å². The zero-order valence-electron chi connectivity index (χ0n) is 19.2. The third kappa shape index (κ3) is 6.27. The van der Waals surface area contributed by atoms with Crippen LogP contribution in [0.4, 0.5) is 5.69 Å². The molecule has 0 saturated carbocycles. The smallest absolute Gasteiger partial charge is 0.317 e. The maximum atomic E-state index is 11.1. The predicted octanol–water partition coefficient (Wildman–Crippen LogP) is 6.46. The van der Waals surface area contributed by atoms with Crippen LogP contribution in [0.2, 0.25) is 15.1 Å². The third-order valence-electron chi connectivity index (χ3n) is 6.73. The minimum absolute atomic E-state index is 0.0339. The van der Waals surface area contributed by atoms with Crippen LogP contribution < -0.4 is 5.32 Å². The van der Waals surface area contributed by atoms with Crippen LogP contribution in [0.1, 0.15) is 43.4 Å². The van der Waals surface area contributed by atoms with E-state index in [1.54, 1.807) is 6.07 Å². The number of anilines is 1. The van der Waals surface area contributed by atoms with Crippen molar-refractivity contribution in [3.8, 4) is 0 Å². The molecule has 2 aromatic rings. The maximum absolute atomic E-state index is 11.1. The van der Waals surface area contributed by atoms with Crippen LogP contribution >= 0.6 is 34.8 Å². The van der Waals surface area contributed by atoms with Gasteiger partial charge in [-0.1, -0.05) is 53.0 Å². The third-order valence-corrected chi connectivity index (χ3v) is 7.63. The van der Waals surface area contributed by atoms with Crippen molar-refractivity contribution in [2.45, 2.75) is 38.3 Å². The number of carbonyl (C=O) groups is 1. The lowest BCUT2D eigenvalue weighted by molar-refractivity contribution is -0.138. The van der Waals surface area contributed by atoms with Gasteiger partial charge in [0.15, 0.2) is 0 Å². The monoisotopic (exact) mass is 521 g/mol. The molecule has 2 heterocycles. The Morgan fingerprint density at radius 1 is 1.15 bits per heavy atom. The van der Waals surface area contributed by atoms with Gasteiger partial charge in [-0.2, -0.15) is 0 Å². The van der Waals surface area contributed by atoms with E-state index in [4.69, 9.17) is 39.9 Å². The topological polar surface area (TPSA) is 55.8 Å². The van der Waals surface area contributed by atoms with E-state index >= 15 is 0 Å². The molecule has 0 spiro atoms. The molecule has 5 nitrogen and oxygen atoms in total. The van der Waals surface area contributed by atoms with E-state index in [0.29, 0.717) is 21.1 Å². The predicted molar refractivity (Wildman–Crippen MR) is 141 cm³/mol. The molecule has 4 rings (SSSR count). The number of carboxylic acid groups (broad SMARTS) is 1. The Labute approximate surface area is 216 Å². The van der Waals surface area contributed by atoms with Gasteiger partial charge in [-0.15, -0.1) is 0 Å². The molecule has 0 aliphatic carbocycles. The van der Waals surface area contributed by atoms with E-state index in [1.165, 1.54) is 5.57 Å². The molecule has 2 aliphatic heterocycles. The summed E-state index contributed by atoms with van der Waals surface area (Å²) in [5, 5.41) is 14.5. The van der Waals surface area contributed by atoms with Crippen molar-refractivity contribution in [1.82, 2.24) is 9.80 Å². The lowest BCUT2D eigenvalue weighted by Gasteiger charge is -2.40. The number of nitrogens with zero attached hydrogens (tertiary/aromatic N) is 2. The van der Waals surface area contributed by atoms with Crippen LogP contribution in [0.3, 0.4) is 0 Å². The quantitative estimate of drug-likeness (QED) is 0.437. The second-order valence-corrected chi connectivity index (χ2v) is 10.4. The van der Waals surface area contributed by atoms with Gasteiger partial charge >= 0.3 is 5.97 Å². The zero-order chi connectivity index (χ0) is 24.2. The van der Waals surface area contributed by atoms with E-state index in [2.05, 4.69) is 33.3 Å². The number of piperidine rings is 1. The molecule has 0 aromatic heterocycles. The van der Waals surface area contributed by atoms with Crippen molar-refractivity contribution in [3.63, 3.8) is 0 Å². The summed E-state index contributed by atoms with van der Waals surface area (Å²) < 4.78 is 0. The van der Waals surface area contributed by atoms with Crippen molar-refractivity contribution in [3.05, 3.63) is 68.7 Å². The number of carboxylic acids is 1. The summed E-state index contributed by atoms with van der Waals surface area (Å²) in [6.45, 7) is 5.73. The summed E-state index contributed by atoms with van der Waals surface area (Å²) in [7, 11) is 0. The van der Waals surface area contributed by atoms with Gasteiger partial charge < -0.3 is 10.4 Å². The molecular weight excluding hydrogens is 493 g/mol. The van der Waals surface area contributed by atoms with Gasteiger partial charge in [0.25, 0.3) is 0 Å². The average Bonchev–Trinajstić information content (AvgIpc) is 2.80. The molecule has 2 aromatic carbocycles. The number of nitrogens with one attached hydrogen (secondary N) is 1. The summed E-state index contributed by atoms with van der Waals surface area (Å²) in [5.74, 6) is -0.749. The van der Waals surface area contributed by atoms with Crippen LogP contribution in [-0.4, -0.2) is 59.6 Å². The average molecular weight is 523 g/mol. The first-order valence-electron chi connectivity index (χ1n) is 11.7. The van der Waals surface area contributed by atoms with Gasteiger partial charge in [-0.05, 0) is 73.7 Å². The van der Waals surface area contributed by atoms with Crippen LogP contribution in [0.5, 0.6) is 0 Å². The number of hydrogen-bond acceptors (Lipinski definition) is 4. The highest BCUT2D eigenvalue weighted by Crippen LogP contribution is 2.34. The number of rotatable bonds is 7. The van der Waals surface area contributed by atoms with Crippen molar-refractivity contribution in [2.75, 3.05) is 38.0 Å². The molecule has 2 aliphatic rings. The van der Waals surface area contributed by atoms with Gasteiger partial charge in [0.05, 0.1) is 23.3 Å². The molecule has 2 N–H and O–H groups in total. The molecule has 8 heteroatoms. The van der Waals surface area contributed by atoms with Crippen LogP contribution in [0.25, 0.3) is 5.57 Å². The standard InChI is InChI=1S/C26H30Cl3N3O2/c1-17(22-6-5-20(27)14-24(22)29)30-25-13-19(4-7-23(25)28)18-8-11-32(12-9-18)21-3-2-10-31(15-21)16-26(33)34/h4-8,13-14,17,21,30H,2-3,9-12,15-16H2,1H3,(H,33,34). The van der Waals surface area contributed by atoms with E-state index in [1.807, 2.05) is 25.1 Å². The highest BCUT2D eigenvalue weighted by atomic mass is 35.5. The maximum Gasteiger partial charge on any atom is 0.317 e. The van der Waals surface area contributed by atoms with Crippen LogP contribution in [0.15, 0.2) is 42.5 Å². The Morgan fingerprint density at radius 3 is 2.68 bits per heavy atom. The SMILES string of the molecule is CC(Nc1cc(C2=CCN(C3CCCN(CC(=O)O)C3)CC2)ccc1Cl)c1ccc(Cl)cc1Cl. The number of hydrogen-bond donors (Lipinski definition) is 2. The van der Waals surface area contributed by atoms with Crippen molar-refractivity contribution < 1.29 is 9.90 Å². The Bertz CT molecular complexity index is 1080. The normalized spacial score (nSPS) is 20.6. The fourth-order valence-corrected chi connectivity index (χ4v) is 5.69. The molecule has 182 valence electrons. The second-order valence-electron chi connectivity index (χ2n) is 9.13. The Morgan fingerprint density at radius 2 is 1.97 bits per heavy atom. The van der Waals surface area contributed by atoms with E-state index in [9.17, 15) is 4.79 Å². The molecule has 0 amide bonds. The molecule has 0 radical (unpaired) electrons. The summed E-state index contributed by atoms with van der Waals surface area (Å²) in [5.41, 5.74) is 4.31. The number of benzene rings is 2.